The van der Waals surface area contributed by atoms with Gasteiger partial charge in [-0.05, 0) is 60.7 Å². The van der Waals surface area contributed by atoms with Crippen molar-refractivity contribution in [1.29, 1.82) is 0 Å². The number of allylic oxidation sites excluding steroid dienone is 2. The fraction of sp³-hybridized carbons (Fsp3) is 0.259. The lowest BCUT2D eigenvalue weighted by atomic mass is 9.86. The van der Waals surface area contributed by atoms with Gasteiger partial charge in [0.25, 0.3) is 5.91 Å². The van der Waals surface area contributed by atoms with Crippen LogP contribution in [0.15, 0.2) is 83.5 Å². The molecule has 156 valence electrons. The second kappa shape index (κ2) is 7.38. The molecular weight excluding hydrogens is 386 g/mol. The number of carbonyl (C=O) groups is 2. The molecule has 31 heavy (non-hydrogen) atoms. The van der Waals surface area contributed by atoms with E-state index in [-0.39, 0.29) is 23.7 Å². The minimum atomic E-state index is -0.220. The molecule has 4 nitrogen and oxygen atoms in total. The average molecular weight is 412 g/mol. The van der Waals surface area contributed by atoms with E-state index < -0.39 is 0 Å². The predicted octanol–water partition coefficient (Wildman–Crippen LogP) is 5.12. The lowest BCUT2D eigenvalue weighted by molar-refractivity contribution is -0.114. The number of anilines is 1. The number of nitrogens with zero attached hydrogens (tertiary/aromatic N) is 1. The van der Waals surface area contributed by atoms with Crippen molar-refractivity contribution in [2.24, 2.45) is 5.92 Å². The second-order valence-electron chi connectivity index (χ2n) is 8.50. The monoisotopic (exact) mass is 411 g/mol. The molecule has 1 amide bonds. The molecular formula is C27H25NO3. The summed E-state index contributed by atoms with van der Waals surface area (Å²) in [5.41, 5.74) is 6.49. The zero-order valence-electron chi connectivity index (χ0n) is 17.9. The molecule has 0 aromatic heterocycles. The Bertz CT molecular complexity index is 1150. The van der Waals surface area contributed by atoms with Crippen LogP contribution in [0.4, 0.5) is 5.69 Å². The van der Waals surface area contributed by atoms with Crippen molar-refractivity contribution in [2.75, 3.05) is 12.0 Å². The van der Waals surface area contributed by atoms with Crippen LogP contribution in [0.2, 0.25) is 0 Å². The van der Waals surface area contributed by atoms with Gasteiger partial charge in [-0.1, -0.05) is 42.5 Å². The lowest BCUT2D eigenvalue weighted by Gasteiger charge is -2.29. The molecule has 2 aliphatic carbocycles. The van der Waals surface area contributed by atoms with Crippen molar-refractivity contribution in [1.82, 2.24) is 0 Å². The van der Waals surface area contributed by atoms with E-state index >= 15 is 0 Å². The van der Waals surface area contributed by atoms with Gasteiger partial charge in [0.1, 0.15) is 5.75 Å². The summed E-state index contributed by atoms with van der Waals surface area (Å²) in [5.74, 6) is 0.805. The van der Waals surface area contributed by atoms with Gasteiger partial charge >= 0.3 is 0 Å². The maximum atomic E-state index is 13.4. The number of ketones is 1. The van der Waals surface area contributed by atoms with Crippen LogP contribution in [0.5, 0.6) is 5.75 Å². The number of fused-ring (bicyclic) bond motifs is 3. The summed E-state index contributed by atoms with van der Waals surface area (Å²) < 4.78 is 5.30. The number of amides is 1. The first-order chi connectivity index (χ1) is 15.0. The molecule has 0 bridgehead atoms. The van der Waals surface area contributed by atoms with E-state index in [1.807, 2.05) is 59.5 Å². The second-order valence-corrected chi connectivity index (χ2v) is 8.50. The van der Waals surface area contributed by atoms with E-state index in [0.717, 1.165) is 46.6 Å². The highest BCUT2D eigenvalue weighted by Gasteiger charge is 2.50. The van der Waals surface area contributed by atoms with Crippen molar-refractivity contribution in [2.45, 2.75) is 32.2 Å². The Balaban J connectivity index is 1.75. The standard InChI is InChI=1S/C27H25NO3/c1-16-9-14-21-17(2)27(30)28(19-10-12-20(31-3)13-11-19)26(21)25-22(16)15-23(29)24(25)18-7-5-4-6-8-18/h4-8,10-13,21,26H,2,9,14-15H2,1,3H3/t21-,26-/m0/s1. The molecule has 1 fully saturated rings. The van der Waals surface area contributed by atoms with Crippen LogP contribution in [-0.2, 0) is 9.59 Å². The maximum absolute atomic E-state index is 13.4. The topological polar surface area (TPSA) is 46.6 Å². The van der Waals surface area contributed by atoms with Crippen LogP contribution >= 0.6 is 0 Å². The summed E-state index contributed by atoms with van der Waals surface area (Å²) in [5, 5.41) is 0. The highest BCUT2D eigenvalue weighted by Crippen LogP contribution is 2.51. The summed E-state index contributed by atoms with van der Waals surface area (Å²) in [6, 6.07) is 17.2. The highest BCUT2D eigenvalue weighted by molar-refractivity contribution is 6.27. The van der Waals surface area contributed by atoms with Crippen LogP contribution in [0.3, 0.4) is 0 Å². The van der Waals surface area contributed by atoms with Crippen molar-refractivity contribution in [3.8, 4) is 5.75 Å². The third kappa shape index (κ3) is 2.97. The van der Waals surface area contributed by atoms with Crippen LogP contribution in [0.1, 0.15) is 31.7 Å². The van der Waals surface area contributed by atoms with Gasteiger partial charge < -0.3 is 9.64 Å². The van der Waals surface area contributed by atoms with Gasteiger partial charge in [-0.15, -0.1) is 0 Å². The van der Waals surface area contributed by atoms with Gasteiger partial charge in [0.2, 0.25) is 0 Å². The summed E-state index contributed by atoms with van der Waals surface area (Å²) in [4.78, 5) is 28.5. The van der Waals surface area contributed by atoms with Crippen LogP contribution < -0.4 is 9.64 Å². The zero-order valence-corrected chi connectivity index (χ0v) is 17.9. The number of benzene rings is 2. The zero-order chi connectivity index (χ0) is 21.7. The van der Waals surface area contributed by atoms with E-state index in [0.29, 0.717) is 12.0 Å². The van der Waals surface area contributed by atoms with E-state index in [2.05, 4.69) is 13.5 Å². The lowest BCUT2D eigenvalue weighted by Crippen LogP contribution is -2.37. The molecule has 2 aromatic rings. The van der Waals surface area contributed by atoms with Crippen molar-refractivity contribution >= 4 is 23.0 Å². The van der Waals surface area contributed by atoms with Crippen LogP contribution in [0, 0.1) is 5.92 Å². The summed E-state index contributed by atoms with van der Waals surface area (Å²) >= 11 is 0. The molecule has 4 heteroatoms. The Morgan fingerprint density at radius 2 is 1.74 bits per heavy atom. The smallest absolute Gasteiger partial charge is 0.254 e. The van der Waals surface area contributed by atoms with Crippen LogP contribution in [-0.4, -0.2) is 24.8 Å². The van der Waals surface area contributed by atoms with E-state index in [1.54, 1.807) is 7.11 Å². The van der Waals surface area contributed by atoms with E-state index in [4.69, 9.17) is 4.74 Å². The Hall–Kier alpha value is -3.40. The number of methoxy groups -OCH3 is 1. The Morgan fingerprint density at radius 1 is 1.03 bits per heavy atom. The molecule has 0 radical (unpaired) electrons. The van der Waals surface area contributed by atoms with E-state index in [9.17, 15) is 9.59 Å². The minimum Gasteiger partial charge on any atom is -0.497 e. The highest BCUT2D eigenvalue weighted by atomic mass is 16.5. The number of ether oxygens (including phenoxy) is 1. The number of Topliss-reactive ketones (excluding diaryl/α,β-unsaturated/α-hetero) is 1. The van der Waals surface area contributed by atoms with Gasteiger partial charge in [-0.25, -0.2) is 0 Å². The molecule has 2 atom stereocenters. The number of rotatable bonds is 3. The SMILES string of the molecule is C=C1C(=O)N(c2ccc(OC)cc2)[C@@H]2C3=C(c4ccccc4)C(=O)CC3=C(C)CC[C@@H]12. The molecule has 0 saturated carbocycles. The van der Waals surface area contributed by atoms with E-state index in [1.165, 1.54) is 5.57 Å². The van der Waals surface area contributed by atoms with Gasteiger partial charge in [-0.2, -0.15) is 0 Å². The third-order valence-electron chi connectivity index (χ3n) is 6.87. The summed E-state index contributed by atoms with van der Waals surface area (Å²) in [6.07, 6.45) is 2.14. The molecule has 2 aromatic carbocycles. The predicted molar refractivity (Wildman–Crippen MR) is 122 cm³/mol. The van der Waals surface area contributed by atoms with Crippen molar-refractivity contribution in [3.05, 3.63) is 89.0 Å². The Labute approximate surface area is 182 Å². The first-order valence-electron chi connectivity index (χ1n) is 10.7. The number of hydrogen-bond donors (Lipinski definition) is 0. The van der Waals surface area contributed by atoms with Crippen molar-refractivity contribution < 1.29 is 14.3 Å². The molecule has 0 unspecified atom stereocenters. The fourth-order valence-electron chi connectivity index (χ4n) is 5.29. The van der Waals surface area contributed by atoms with Gasteiger partial charge in [0, 0.05) is 29.2 Å². The Morgan fingerprint density at radius 3 is 2.42 bits per heavy atom. The molecule has 0 spiro atoms. The largest absolute Gasteiger partial charge is 0.497 e. The van der Waals surface area contributed by atoms with Crippen LogP contribution in [0.25, 0.3) is 5.57 Å². The average Bonchev–Trinajstić information content (AvgIpc) is 3.21. The third-order valence-corrected chi connectivity index (χ3v) is 6.87. The fourth-order valence-corrected chi connectivity index (χ4v) is 5.29. The van der Waals surface area contributed by atoms with Gasteiger partial charge in [0.05, 0.1) is 13.2 Å². The number of hydrogen-bond acceptors (Lipinski definition) is 3. The quantitative estimate of drug-likeness (QED) is 0.659. The molecule has 0 N–H and O–H groups in total. The molecule has 1 aliphatic heterocycles. The minimum absolute atomic E-state index is 0.0123. The molecule has 1 heterocycles. The normalized spacial score (nSPS) is 23.3. The molecule has 3 aliphatic rings. The first-order valence-corrected chi connectivity index (χ1v) is 10.7. The maximum Gasteiger partial charge on any atom is 0.254 e. The first kappa shape index (κ1) is 19.6. The molecule has 5 rings (SSSR count). The summed E-state index contributed by atoms with van der Waals surface area (Å²) in [7, 11) is 1.63. The number of carbonyl (C=O) groups excluding carboxylic acids is 2. The summed E-state index contributed by atoms with van der Waals surface area (Å²) in [6.45, 7) is 6.31. The molecule has 1 saturated heterocycles. The Kier molecular flexibility index (Phi) is 4.66. The van der Waals surface area contributed by atoms with Gasteiger partial charge in [0.15, 0.2) is 5.78 Å². The van der Waals surface area contributed by atoms with Crippen molar-refractivity contribution in [3.63, 3.8) is 0 Å². The van der Waals surface area contributed by atoms with Gasteiger partial charge in [-0.3, -0.25) is 9.59 Å².